The van der Waals surface area contributed by atoms with Gasteiger partial charge in [-0.1, -0.05) is 36.4 Å². The molecule has 1 atom stereocenters. The number of carbonyl (C=O) groups is 1. The average Bonchev–Trinajstić information content (AvgIpc) is 2.90. The third-order valence-corrected chi connectivity index (χ3v) is 6.15. The highest BCUT2D eigenvalue weighted by Crippen LogP contribution is 2.39. The SMILES string of the molecule is COc1cccc(-c2nc(C(=O)C3NCCc4c3ccc(OC)c4OC)c3ccccc3n2)c1. The molecule has 172 valence electrons. The molecule has 7 heteroatoms. The van der Waals surface area contributed by atoms with Gasteiger partial charge in [-0.15, -0.1) is 0 Å². The summed E-state index contributed by atoms with van der Waals surface area (Å²) in [7, 11) is 4.85. The fraction of sp³-hybridized carbons (Fsp3) is 0.222. The van der Waals surface area contributed by atoms with Crippen molar-refractivity contribution in [3.8, 4) is 28.6 Å². The van der Waals surface area contributed by atoms with E-state index in [0.717, 1.165) is 23.1 Å². The van der Waals surface area contributed by atoms with Crippen LogP contribution in [0.5, 0.6) is 17.2 Å². The second-order valence-corrected chi connectivity index (χ2v) is 8.02. The standard InChI is InChI=1S/C27H25N3O4/c1-32-17-8-6-7-16(15-17)27-29-21-10-5-4-9-20(21)24(30-27)25(31)23-18-11-12-22(33-2)26(34-3)19(18)13-14-28-23/h4-12,15,23,28H,13-14H2,1-3H3. The fourth-order valence-corrected chi connectivity index (χ4v) is 4.51. The molecule has 0 aliphatic carbocycles. The van der Waals surface area contributed by atoms with Gasteiger partial charge in [0.15, 0.2) is 17.3 Å². The number of para-hydroxylation sites is 1. The van der Waals surface area contributed by atoms with Crippen molar-refractivity contribution in [2.75, 3.05) is 27.9 Å². The van der Waals surface area contributed by atoms with Gasteiger partial charge < -0.3 is 19.5 Å². The van der Waals surface area contributed by atoms with Crippen molar-refractivity contribution in [1.29, 1.82) is 0 Å². The van der Waals surface area contributed by atoms with E-state index in [2.05, 4.69) is 5.32 Å². The molecule has 7 nitrogen and oxygen atoms in total. The Balaban J connectivity index is 1.65. The number of ketones is 1. The lowest BCUT2D eigenvalue weighted by molar-refractivity contribution is 0.0936. The van der Waals surface area contributed by atoms with Gasteiger partial charge in [0.1, 0.15) is 11.4 Å². The topological polar surface area (TPSA) is 82.6 Å². The van der Waals surface area contributed by atoms with E-state index in [-0.39, 0.29) is 5.78 Å². The minimum Gasteiger partial charge on any atom is -0.497 e. The molecule has 1 unspecified atom stereocenters. The van der Waals surface area contributed by atoms with E-state index < -0.39 is 6.04 Å². The van der Waals surface area contributed by atoms with Crippen LogP contribution in [-0.4, -0.2) is 43.6 Å². The zero-order valence-corrected chi connectivity index (χ0v) is 19.3. The first-order valence-corrected chi connectivity index (χ1v) is 11.1. The Bertz CT molecular complexity index is 1390. The number of nitrogens with one attached hydrogen (secondary N) is 1. The molecule has 1 aliphatic heterocycles. The molecule has 0 saturated carbocycles. The number of fused-ring (bicyclic) bond motifs is 2. The number of ether oxygens (including phenoxy) is 3. The van der Waals surface area contributed by atoms with Gasteiger partial charge in [0.25, 0.3) is 0 Å². The molecule has 34 heavy (non-hydrogen) atoms. The van der Waals surface area contributed by atoms with E-state index in [1.54, 1.807) is 21.3 Å². The first-order chi connectivity index (χ1) is 16.6. The average molecular weight is 456 g/mol. The number of benzene rings is 3. The Labute approximate surface area is 197 Å². The second-order valence-electron chi connectivity index (χ2n) is 8.02. The van der Waals surface area contributed by atoms with Crippen LogP contribution >= 0.6 is 0 Å². The van der Waals surface area contributed by atoms with Crippen molar-refractivity contribution >= 4 is 16.7 Å². The third kappa shape index (κ3) is 3.74. The van der Waals surface area contributed by atoms with Crippen molar-refractivity contribution < 1.29 is 19.0 Å². The maximum absolute atomic E-state index is 14.0. The summed E-state index contributed by atoms with van der Waals surface area (Å²) in [5.41, 5.74) is 3.72. The summed E-state index contributed by atoms with van der Waals surface area (Å²) < 4.78 is 16.5. The Hall–Kier alpha value is -3.97. The first-order valence-electron chi connectivity index (χ1n) is 11.1. The molecule has 1 aromatic heterocycles. The van der Waals surface area contributed by atoms with Crippen LogP contribution < -0.4 is 19.5 Å². The zero-order valence-electron chi connectivity index (χ0n) is 19.3. The summed E-state index contributed by atoms with van der Waals surface area (Å²) in [5, 5.41) is 4.09. The second kappa shape index (κ2) is 9.11. The number of rotatable bonds is 6. The highest BCUT2D eigenvalue weighted by atomic mass is 16.5. The number of methoxy groups -OCH3 is 3. The summed E-state index contributed by atoms with van der Waals surface area (Å²) in [6.07, 6.45) is 0.735. The molecule has 4 aromatic rings. The maximum Gasteiger partial charge on any atom is 0.203 e. The normalized spacial score (nSPS) is 15.0. The van der Waals surface area contributed by atoms with Crippen molar-refractivity contribution in [3.05, 3.63) is 77.5 Å². The number of aromatic nitrogens is 2. The molecule has 0 radical (unpaired) electrons. The largest absolute Gasteiger partial charge is 0.497 e. The molecule has 0 spiro atoms. The lowest BCUT2D eigenvalue weighted by Gasteiger charge is -2.28. The van der Waals surface area contributed by atoms with Crippen molar-refractivity contribution in [3.63, 3.8) is 0 Å². The predicted octanol–water partition coefficient (Wildman–Crippen LogP) is 4.39. The monoisotopic (exact) mass is 455 g/mol. The lowest BCUT2D eigenvalue weighted by atomic mass is 9.89. The van der Waals surface area contributed by atoms with Crippen LogP contribution in [0.3, 0.4) is 0 Å². The summed E-state index contributed by atoms with van der Waals surface area (Å²) >= 11 is 0. The highest BCUT2D eigenvalue weighted by Gasteiger charge is 2.32. The van der Waals surface area contributed by atoms with Crippen LogP contribution in [-0.2, 0) is 6.42 Å². The molecule has 0 saturated heterocycles. The quantitative estimate of drug-likeness (QED) is 0.432. The van der Waals surface area contributed by atoms with Gasteiger partial charge in [0.05, 0.1) is 32.9 Å². The van der Waals surface area contributed by atoms with Crippen LogP contribution in [0.1, 0.15) is 27.7 Å². The molecule has 1 N–H and O–H groups in total. The number of Topliss-reactive ketones (excluding diaryl/α,β-unsaturated/α-hetero) is 1. The van der Waals surface area contributed by atoms with Gasteiger partial charge in [-0.25, -0.2) is 9.97 Å². The van der Waals surface area contributed by atoms with Gasteiger partial charge in [0.2, 0.25) is 5.78 Å². The van der Waals surface area contributed by atoms with E-state index in [1.165, 1.54) is 0 Å². The summed E-state index contributed by atoms with van der Waals surface area (Å²) in [4.78, 5) is 23.5. The molecule has 0 bridgehead atoms. The van der Waals surface area contributed by atoms with E-state index in [9.17, 15) is 4.79 Å². The molecule has 3 aromatic carbocycles. The lowest BCUT2D eigenvalue weighted by Crippen LogP contribution is -2.36. The minimum atomic E-state index is -0.556. The number of hydrogen-bond donors (Lipinski definition) is 1. The minimum absolute atomic E-state index is 0.115. The summed E-state index contributed by atoms with van der Waals surface area (Å²) in [6, 6.07) is 18.3. The first kappa shape index (κ1) is 21.9. The van der Waals surface area contributed by atoms with Crippen molar-refractivity contribution in [2.24, 2.45) is 0 Å². The Morgan fingerprint density at radius 3 is 2.59 bits per heavy atom. The van der Waals surface area contributed by atoms with Gasteiger partial charge in [0, 0.05) is 23.1 Å². The van der Waals surface area contributed by atoms with Crippen molar-refractivity contribution in [2.45, 2.75) is 12.5 Å². The molecule has 0 amide bonds. The van der Waals surface area contributed by atoms with Gasteiger partial charge in [-0.05, 0) is 36.2 Å². The maximum atomic E-state index is 14.0. The fourth-order valence-electron chi connectivity index (χ4n) is 4.51. The van der Waals surface area contributed by atoms with E-state index in [0.29, 0.717) is 46.2 Å². The van der Waals surface area contributed by atoms with Crippen LogP contribution in [0.4, 0.5) is 0 Å². The molecule has 2 heterocycles. The highest BCUT2D eigenvalue weighted by molar-refractivity contribution is 6.09. The number of nitrogens with zero attached hydrogens (tertiary/aromatic N) is 2. The molecule has 1 aliphatic rings. The summed E-state index contributed by atoms with van der Waals surface area (Å²) in [6.45, 7) is 0.638. The summed E-state index contributed by atoms with van der Waals surface area (Å²) in [5.74, 6) is 2.39. The molecular weight excluding hydrogens is 430 g/mol. The van der Waals surface area contributed by atoms with E-state index >= 15 is 0 Å². The Morgan fingerprint density at radius 2 is 1.79 bits per heavy atom. The van der Waals surface area contributed by atoms with Gasteiger partial charge in [-0.2, -0.15) is 0 Å². The number of hydrogen-bond acceptors (Lipinski definition) is 7. The Kier molecular flexibility index (Phi) is 5.86. The third-order valence-electron chi connectivity index (χ3n) is 6.15. The van der Waals surface area contributed by atoms with Crippen LogP contribution in [0, 0.1) is 0 Å². The van der Waals surface area contributed by atoms with Crippen LogP contribution in [0.15, 0.2) is 60.7 Å². The van der Waals surface area contributed by atoms with Crippen LogP contribution in [0.2, 0.25) is 0 Å². The smallest absolute Gasteiger partial charge is 0.203 e. The Morgan fingerprint density at radius 1 is 0.941 bits per heavy atom. The predicted molar refractivity (Wildman–Crippen MR) is 130 cm³/mol. The van der Waals surface area contributed by atoms with Crippen LogP contribution in [0.25, 0.3) is 22.3 Å². The van der Waals surface area contributed by atoms with Crippen molar-refractivity contribution in [1.82, 2.24) is 15.3 Å². The van der Waals surface area contributed by atoms with E-state index in [4.69, 9.17) is 24.2 Å². The molecule has 0 fully saturated rings. The van der Waals surface area contributed by atoms with E-state index in [1.807, 2.05) is 60.7 Å². The molecule has 5 rings (SSSR count). The number of carbonyl (C=O) groups excluding carboxylic acids is 1. The molecular formula is C27H25N3O4. The zero-order chi connectivity index (χ0) is 23.7. The van der Waals surface area contributed by atoms with Gasteiger partial charge in [-0.3, -0.25) is 4.79 Å². The van der Waals surface area contributed by atoms with Gasteiger partial charge >= 0.3 is 0 Å².